The molecule has 0 fully saturated rings. The fourth-order valence-electron chi connectivity index (χ4n) is 3.49. The molecule has 0 atom stereocenters. The fraction of sp³-hybridized carbons (Fsp3) is 0.240. The first kappa shape index (κ1) is 21.8. The number of carbonyl (C=O) groups is 2. The minimum Gasteiger partial charge on any atom is -0.382 e. The molecular weight excluding hydrogens is 426 g/mol. The Balaban J connectivity index is 1.56. The summed E-state index contributed by atoms with van der Waals surface area (Å²) in [5.41, 5.74) is 6.38. The van der Waals surface area contributed by atoms with Gasteiger partial charge < -0.3 is 4.84 Å². The molecule has 7 heteroatoms. The molecule has 0 spiro atoms. The Bertz CT molecular complexity index is 1180. The third-order valence-electron chi connectivity index (χ3n) is 5.36. The van der Waals surface area contributed by atoms with Crippen LogP contribution in [0.3, 0.4) is 0 Å². The van der Waals surface area contributed by atoms with Crippen molar-refractivity contribution in [3.8, 4) is 5.75 Å². The maximum atomic E-state index is 13.1. The highest BCUT2D eigenvalue weighted by molar-refractivity contribution is 6.38. The van der Waals surface area contributed by atoms with E-state index in [1.165, 1.54) is 5.56 Å². The van der Waals surface area contributed by atoms with Crippen LogP contribution in [0.2, 0.25) is 5.02 Å². The number of rotatable bonds is 5. The van der Waals surface area contributed by atoms with Gasteiger partial charge in [0.2, 0.25) is 0 Å². The normalized spacial score (nSPS) is 13.3. The predicted octanol–water partition coefficient (Wildman–Crippen LogP) is 5.54. The number of aryl methyl sites for hydroxylation is 1. The summed E-state index contributed by atoms with van der Waals surface area (Å²) in [4.78, 5) is 37.3. The van der Waals surface area contributed by atoms with Gasteiger partial charge in [0.1, 0.15) is 0 Å². The Morgan fingerprint density at radius 1 is 0.969 bits per heavy atom. The molecular formula is C25H24ClN3O3. The number of anilines is 1. The lowest BCUT2D eigenvalue weighted by atomic mass is 9.87. The van der Waals surface area contributed by atoms with Crippen LogP contribution in [0.4, 0.5) is 5.69 Å². The number of imide groups is 1. The predicted molar refractivity (Wildman–Crippen MR) is 124 cm³/mol. The largest absolute Gasteiger partial charge is 0.382 e. The minimum absolute atomic E-state index is 0.0332. The highest BCUT2D eigenvalue weighted by Gasteiger charge is 2.39. The number of hydrogen-bond donors (Lipinski definition) is 1. The molecule has 0 saturated heterocycles. The Morgan fingerprint density at radius 3 is 2.28 bits per heavy atom. The topological polar surface area (TPSA) is 71.5 Å². The van der Waals surface area contributed by atoms with Gasteiger partial charge in [0.25, 0.3) is 11.8 Å². The molecule has 4 rings (SSSR count). The number of carbonyl (C=O) groups excluding carboxylic acids is 2. The molecule has 6 nitrogen and oxygen atoms in total. The number of halogens is 1. The highest BCUT2D eigenvalue weighted by atomic mass is 35.5. The Hall–Kier alpha value is -3.38. The maximum Gasteiger partial charge on any atom is 0.264 e. The molecule has 0 saturated carbocycles. The van der Waals surface area contributed by atoms with Gasteiger partial charge >= 0.3 is 0 Å². The summed E-state index contributed by atoms with van der Waals surface area (Å²) in [5, 5.41) is 0.220. The van der Waals surface area contributed by atoms with Crippen molar-refractivity contribution >= 4 is 29.1 Å². The van der Waals surface area contributed by atoms with Crippen LogP contribution in [0.25, 0.3) is 0 Å². The lowest BCUT2D eigenvalue weighted by molar-refractivity contribution is 0.0640. The molecule has 1 N–H and O–H groups in total. The summed E-state index contributed by atoms with van der Waals surface area (Å²) in [6, 6.07) is 14.6. The summed E-state index contributed by atoms with van der Waals surface area (Å²) in [6.07, 6.45) is 1.70. The third-order valence-corrected chi connectivity index (χ3v) is 5.68. The molecule has 32 heavy (non-hydrogen) atoms. The first-order chi connectivity index (χ1) is 15.1. The summed E-state index contributed by atoms with van der Waals surface area (Å²) in [6.45, 7) is 8.40. The van der Waals surface area contributed by atoms with E-state index in [9.17, 15) is 9.59 Å². The van der Waals surface area contributed by atoms with Crippen molar-refractivity contribution in [2.45, 2.75) is 39.7 Å². The SMILES string of the molecule is Cc1ccc(CN2C(=O)c3c(Cl)ccc(NOc4ccc(C(C)(C)C)cc4)c3C2=O)nc1. The van der Waals surface area contributed by atoms with Crippen molar-refractivity contribution in [2.75, 3.05) is 5.48 Å². The van der Waals surface area contributed by atoms with E-state index in [0.717, 1.165) is 10.5 Å². The first-order valence-corrected chi connectivity index (χ1v) is 10.7. The molecule has 0 unspecified atom stereocenters. The number of hydrogen-bond acceptors (Lipinski definition) is 5. The number of nitrogens with one attached hydrogen (secondary N) is 1. The molecule has 0 radical (unpaired) electrons. The molecule has 1 aromatic heterocycles. The molecule has 3 aromatic rings. The van der Waals surface area contributed by atoms with Crippen molar-refractivity contribution in [2.24, 2.45) is 0 Å². The molecule has 1 aliphatic heterocycles. The number of aromatic nitrogens is 1. The van der Waals surface area contributed by atoms with Gasteiger partial charge in [-0.1, -0.05) is 50.6 Å². The van der Waals surface area contributed by atoms with Crippen molar-refractivity contribution in [1.82, 2.24) is 9.88 Å². The molecule has 2 aromatic carbocycles. The molecule has 1 aliphatic rings. The van der Waals surface area contributed by atoms with Crippen molar-refractivity contribution in [3.05, 3.63) is 87.7 Å². The number of benzene rings is 2. The standard InChI is InChI=1S/C25H24ClN3O3/c1-15-5-8-17(27-13-15)14-29-23(30)21-19(26)11-12-20(22(21)24(29)31)28-32-18-9-6-16(7-10-18)25(2,3)4/h5-13,28H,14H2,1-4H3. The van der Waals surface area contributed by atoms with Gasteiger partial charge in [0.05, 0.1) is 34.1 Å². The lowest BCUT2D eigenvalue weighted by Gasteiger charge is -2.19. The van der Waals surface area contributed by atoms with Crippen molar-refractivity contribution in [3.63, 3.8) is 0 Å². The van der Waals surface area contributed by atoms with E-state index in [2.05, 4.69) is 31.2 Å². The summed E-state index contributed by atoms with van der Waals surface area (Å²) < 4.78 is 0. The monoisotopic (exact) mass is 449 g/mol. The Kier molecular flexibility index (Phi) is 5.65. The van der Waals surface area contributed by atoms with E-state index in [1.807, 2.05) is 37.3 Å². The van der Waals surface area contributed by atoms with Crippen LogP contribution in [-0.2, 0) is 12.0 Å². The Morgan fingerprint density at radius 2 is 1.66 bits per heavy atom. The number of nitrogens with zero attached hydrogens (tertiary/aromatic N) is 2. The van der Waals surface area contributed by atoms with E-state index in [4.69, 9.17) is 16.4 Å². The zero-order chi connectivity index (χ0) is 23.0. The van der Waals surface area contributed by atoms with Gasteiger partial charge in [0, 0.05) is 6.20 Å². The van der Waals surface area contributed by atoms with Crippen molar-refractivity contribution in [1.29, 1.82) is 0 Å². The summed E-state index contributed by atoms with van der Waals surface area (Å²) in [7, 11) is 0. The maximum absolute atomic E-state index is 13.1. The summed E-state index contributed by atoms with van der Waals surface area (Å²) >= 11 is 6.28. The second-order valence-corrected chi connectivity index (χ2v) is 9.25. The zero-order valence-electron chi connectivity index (χ0n) is 18.4. The van der Waals surface area contributed by atoms with Gasteiger partial charge in [0.15, 0.2) is 5.75 Å². The first-order valence-electron chi connectivity index (χ1n) is 10.3. The van der Waals surface area contributed by atoms with Gasteiger partial charge in [-0.05, 0) is 53.8 Å². The van der Waals surface area contributed by atoms with E-state index < -0.39 is 11.8 Å². The van der Waals surface area contributed by atoms with Gasteiger partial charge in [-0.3, -0.25) is 19.5 Å². The van der Waals surface area contributed by atoms with Crippen LogP contribution >= 0.6 is 11.6 Å². The quantitative estimate of drug-likeness (QED) is 0.409. The smallest absolute Gasteiger partial charge is 0.264 e. The van der Waals surface area contributed by atoms with E-state index in [1.54, 1.807) is 24.4 Å². The average Bonchev–Trinajstić information content (AvgIpc) is 3.00. The zero-order valence-corrected chi connectivity index (χ0v) is 19.2. The second kappa shape index (κ2) is 8.28. The van der Waals surface area contributed by atoms with Crippen LogP contribution in [0.15, 0.2) is 54.7 Å². The van der Waals surface area contributed by atoms with Gasteiger partial charge in [-0.2, -0.15) is 0 Å². The fourth-order valence-corrected chi connectivity index (χ4v) is 3.73. The minimum atomic E-state index is -0.449. The van der Waals surface area contributed by atoms with Crippen LogP contribution in [0.1, 0.15) is 58.3 Å². The van der Waals surface area contributed by atoms with Crippen molar-refractivity contribution < 1.29 is 14.4 Å². The lowest BCUT2D eigenvalue weighted by Crippen LogP contribution is -2.29. The number of amides is 2. The van der Waals surface area contributed by atoms with Crippen LogP contribution in [-0.4, -0.2) is 21.7 Å². The summed E-state index contributed by atoms with van der Waals surface area (Å²) in [5.74, 6) is -0.307. The molecule has 2 amide bonds. The number of fused-ring (bicyclic) bond motifs is 1. The van der Waals surface area contributed by atoms with Crippen LogP contribution in [0, 0.1) is 6.92 Å². The van der Waals surface area contributed by atoms with E-state index in [0.29, 0.717) is 17.1 Å². The molecule has 164 valence electrons. The molecule has 2 heterocycles. The van der Waals surface area contributed by atoms with E-state index in [-0.39, 0.29) is 28.1 Å². The van der Waals surface area contributed by atoms with Crippen LogP contribution in [0.5, 0.6) is 5.75 Å². The van der Waals surface area contributed by atoms with Crippen LogP contribution < -0.4 is 10.3 Å². The Labute approximate surface area is 192 Å². The highest BCUT2D eigenvalue weighted by Crippen LogP contribution is 2.35. The number of pyridine rings is 1. The van der Waals surface area contributed by atoms with Gasteiger partial charge in [-0.15, -0.1) is 0 Å². The third kappa shape index (κ3) is 4.18. The average molecular weight is 450 g/mol. The van der Waals surface area contributed by atoms with E-state index >= 15 is 0 Å². The molecule has 0 bridgehead atoms. The van der Waals surface area contributed by atoms with Gasteiger partial charge in [-0.25, -0.2) is 5.48 Å². The molecule has 0 aliphatic carbocycles. The second-order valence-electron chi connectivity index (χ2n) is 8.85.